The molecule has 0 spiro atoms. The Balaban J connectivity index is 1.24. The van der Waals surface area contributed by atoms with Crippen LogP contribution in [0.25, 0.3) is 11.1 Å². The molecule has 2 fully saturated rings. The predicted octanol–water partition coefficient (Wildman–Crippen LogP) is 7.40. The van der Waals surface area contributed by atoms with Crippen LogP contribution < -0.4 is 10.6 Å². The van der Waals surface area contributed by atoms with Gasteiger partial charge < -0.3 is 20.3 Å². The minimum Gasteiger partial charge on any atom is -0.444 e. The van der Waals surface area contributed by atoms with E-state index in [-0.39, 0.29) is 30.2 Å². The Morgan fingerprint density at radius 1 is 0.957 bits per heavy atom. The van der Waals surface area contributed by atoms with E-state index in [0.717, 1.165) is 48.9 Å². The first-order valence-electron chi connectivity index (χ1n) is 16.0. The third kappa shape index (κ3) is 8.90. The second kappa shape index (κ2) is 13.8. The second-order valence-corrected chi connectivity index (χ2v) is 13.4. The molecule has 3 amide bonds. The Morgan fingerprint density at radius 2 is 1.64 bits per heavy atom. The van der Waals surface area contributed by atoms with Crippen molar-refractivity contribution in [1.82, 2.24) is 20.5 Å². The van der Waals surface area contributed by atoms with Crippen molar-refractivity contribution in [1.29, 1.82) is 0 Å². The Morgan fingerprint density at radius 3 is 2.26 bits per heavy atom. The third-order valence-corrected chi connectivity index (χ3v) is 8.55. The average molecular weight is 651 g/mol. The minimum atomic E-state index is -4.54. The van der Waals surface area contributed by atoms with Crippen LogP contribution in [-0.4, -0.2) is 46.5 Å². The third-order valence-electron chi connectivity index (χ3n) is 8.55. The van der Waals surface area contributed by atoms with E-state index in [9.17, 15) is 27.6 Å². The maximum absolute atomic E-state index is 13.6. The number of nitrogens with one attached hydrogen (secondary N) is 2. The number of likely N-dealkylation sites (tertiary alicyclic amines) is 1. The number of hydrogen-bond donors (Lipinski definition) is 2. The summed E-state index contributed by atoms with van der Waals surface area (Å²) < 4.78 is 46.1. The van der Waals surface area contributed by atoms with Gasteiger partial charge in [0.1, 0.15) is 5.60 Å². The zero-order valence-electron chi connectivity index (χ0n) is 27.1. The lowest BCUT2D eigenvalue weighted by Gasteiger charge is -2.32. The van der Waals surface area contributed by atoms with Crippen LogP contribution in [0.2, 0.25) is 0 Å². The predicted molar refractivity (Wildman–Crippen MR) is 171 cm³/mol. The van der Waals surface area contributed by atoms with E-state index in [2.05, 4.69) is 15.6 Å². The number of pyridine rings is 1. The Bertz CT molecular complexity index is 1610. The molecule has 2 N–H and O–H groups in total. The smallest absolute Gasteiger partial charge is 0.416 e. The number of aromatic nitrogens is 1. The number of amides is 3. The van der Waals surface area contributed by atoms with Gasteiger partial charge in [0.15, 0.2) is 0 Å². The molecular weight excluding hydrogens is 609 g/mol. The highest BCUT2D eigenvalue weighted by molar-refractivity contribution is 5.94. The number of carbonyl (C=O) groups excluding carboxylic acids is 3. The molecule has 47 heavy (non-hydrogen) atoms. The van der Waals surface area contributed by atoms with Crippen molar-refractivity contribution >= 4 is 17.9 Å². The summed E-state index contributed by atoms with van der Waals surface area (Å²) >= 11 is 0. The average Bonchev–Trinajstić information content (AvgIpc) is 3.88. The lowest BCUT2D eigenvalue weighted by atomic mass is 9.89. The number of piperidine rings is 1. The summed E-state index contributed by atoms with van der Waals surface area (Å²) in [7, 11) is 0. The van der Waals surface area contributed by atoms with Crippen molar-refractivity contribution in [3.8, 4) is 11.1 Å². The van der Waals surface area contributed by atoms with Gasteiger partial charge in [0, 0.05) is 37.9 Å². The van der Waals surface area contributed by atoms with Gasteiger partial charge in [-0.3, -0.25) is 14.6 Å². The quantitative estimate of drug-likeness (QED) is 0.265. The highest BCUT2D eigenvalue weighted by Crippen LogP contribution is 2.36. The summed E-state index contributed by atoms with van der Waals surface area (Å²) in [6.07, 6.45) is 1.76. The van der Waals surface area contributed by atoms with E-state index >= 15 is 0 Å². The first-order valence-corrected chi connectivity index (χ1v) is 16.0. The Labute approximate surface area is 273 Å². The van der Waals surface area contributed by atoms with Gasteiger partial charge in [0.25, 0.3) is 5.91 Å². The molecule has 1 aliphatic heterocycles. The molecular formula is C36H41F3N4O4. The largest absolute Gasteiger partial charge is 0.444 e. The van der Waals surface area contributed by atoms with Crippen LogP contribution >= 0.6 is 0 Å². The zero-order valence-corrected chi connectivity index (χ0v) is 27.1. The molecule has 1 atom stereocenters. The van der Waals surface area contributed by atoms with E-state index < -0.39 is 29.5 Å². The van der Waals surface area contributed by atoms with Crippen molar-refractivity contribution in [2.24, 2.45) is 5.92 Å². The molecule has 8 nitrogen and oxygen atoms in total. The lowest BCUT2D eigenvalue weighted by Crippen LogP contribution is -2.38. The van der Waals surface area contributed by atoms with Gasteiger partial charge in [-0.2, -0.15) is 13.2 Å². The summed E-state index contributed by atoms with van der Waals surface area (Å²) in [6, 6.07) is 11.8. The molecule has 5 rings (SSSR count). The number of alkyl carbamates (subject to hydrolysis) is 1. The van der Waals surface area contributed by atoms with E-state index in [0.29, 0.717) is 35.3 Å². The molecule has 2 aromatic carbocycles. The van der Waals surface area contributed by atoms with E-state index in [4.69, 9.17) is 4.74 Å². The summed E-state index contributed by atoms with van der Waals surface area (Å²) in [4.78, 5) is 44.1. The standard InChI is InChI=1S/C36H41F3N4O4/c1-22(42-32(44)29-17-28(19-40-20-29)24-13-15-43(16-14-24)33(45)26-9-10-26)23-5-7-25(8-6-23)31-18-30(36(37,38)39)12-11-27(31)21-41-34(46)47-35(2,3)4/h5-8,11-12,17-20,22,24,26H,9-10,13-16,21H2,1-4H3,(H,41,46)(H,42,44)/t22-/m1/s1. The monoisotopic (exact) mass is 650 g/mol. The zero-order chi connectivity index (χ0) is 33.9. The van der Waals surface area contributed by atoms with Gasteiger partial charge in [-0.15, -0.1) is 0 Å². The van der Waals surface area contributed by atoms with Crippen molar-refractivity contribution < 1.29 is 32.3 Å². The fourth-order valence-electron chi connectivity index (χ4n) is 5.80. The van der Waals surface area contributed by atoms with Gasteiger partial charge in [-0.25, -0.2) is 4.79 Å². The minimum absolute atomic E-state index is 0.0264. The van der Waals surface area contributed by atoms with Crippen LogP contribution in [0.3, 0.4) is 0 Å². The van der Waals surface area contributed by atoms with Gasteiger partial charge >= 0.3 is 12.3 Å². The van der Waals surface area contributed by atoms with Crippen molar-refractivity contribution in [3.63, 3.8) is 0 Å². The number of ether oxygens (including phenoxy) is 1. The van der Waals surface area contributed by atoms with Crippen LogP contribution in [0.15, 0.2) is 60.9 Å². The van der Waals surface area contributed by atoms with Crippen molar-refractivity contribution in [2.75, 3.05) is 13.1 Å². The first kappa shape index (κ1) is 33.9. The molecule has 1 aromatic heterocycles. The maximum atomic E-state index is 13.6. The number of benzene rings is 2. The normalized spacial score (nSPS) is 16.4. The fraction of sp³-hybridized carbons (Fsp3) is 0.444. The summed E-state index contributed by atoms with van der Waals surface area (Å²) in [5.41, 5.74) is 2.01. The van der Waals surface area contributed by atoms with Crippen LogP contribution in [0.4, 0.5) is 18.0 Å². The summed E-state index contributed by atoms with van der Waals surface area (Å²) in [5, 5.41) is 5.61. The molecule has 0 radical (unpaired) electrons. The molecule has 250 valence electrons. The van der Waals surface area contributed by atoms with Crippen LogP contribution in [0.5, 0.6) is 0 Å². The molecule has 1 saturated heterocycles. The van der Waals surface area contributed by atoms with Gasteiger partial charge in [-0.1, -0.05) is 30.3 Å². The van der Waals surface area contributed by atoms with Gasteiger partial charge in [0.2, 0.25) is 5.91 Å². The Kier molecular flexibility index (Phi) is 9.93. The molecule has 1 saturated carbocycles. The number of carbonyl (C=O) groups is 3. The number of halogens is 3. The van der Waals surface area contributed by atoms with Crippen LogP contribution in [-0.2, 0) is 22.3 Å². The lowest BCUT2D eigenvalue weighted by molar-refractivity contribution is -0.137. The maximum Gasteiger partial charge on any atom is 0.416 e. The van der Waals surface area contributed by atoms with Crippen molar-refractivity contribution in [2.45, 2.75) is 83.7 Å². The van der Waals surface area contributed by atoms with Crippen LogP contribution in [0, 0.1) is 5.92 Å². The van der Waals surface area contributed by atoms with Crippen molar-refractivity contribution in [3.05, 3.63) is 88.7 Å². The molecule has 1 aliphatic carbocycles. The fourth-order valence-corrected chi connectivity index (χ4v) is 5.80. The molecule has 3 aromatic rings. The number of nitrogens with zero attached hydrogens (tertiary/aromatic N) is 2. The molecule has 2 aliphatic rings. The molecule has 11 heteroatoms. The number of rotatable bonds is 8. The first-order chi connectivity index (χ1) is 22.2. The number of alkyl halides is 3. The van der Waals surface area contributed by atoms with Gasteiger partial charge in [0.05, 0.1) is 17.2 Å². The highest BCUT2D eigenvalue weighted by atomic mass is 19.4. The second-order valence-electron chi connectivity index (χ2n) is 13.4. The van der Waals surface area contributed by atoms with Gasteiger partial charge in [-0.05, 0) is 105 Å². The van der Waals surface area contributed by atoms with Crippen LogP contribution in [0.1, 0.15) is 97.9 Å². The topological polar surface area (TPSA) is 101 Å². The summed E-state index contributed by atoms with van der Waals surface area (Å²) in [6.45, 7) is 8.40. The number of hydrogen-bond acceptors (Lipinski definition) is 5. The van der Waals surface area contributed by atoms with E-state index in [1.165, 1.54) is 12.3 Å². The molecule has 0 bridgehead atoms. The van der Waals surface area contributed by atoms with E-state index in [1.54, 1.807) is 51.2 Å². The SMILES string of the molecule is C[C@@H](NC(=O)c1cncc(C2CCN(C(=O)C3CC3)CC2)c1)c1ccc(-c2cc(C(F)(F)F)ccc2CNC(=O)OC(C)(C)C)cc1. The molecule has 0 unspecified atom stereocenters. The summed E-state index contributed by atoms with van der Waals surface area (Å²) in [5.74, 6) is 0.418. The Hall–Kier alpha value is -4.41. The van der Waals surface area contributed by atoms with E-state index in [1.807, 2.05) is 17.9 Å². The molecule has 2 heterocycles. The highest BCUT2D eigenvalue weighted by Gasteiger charge is 2.35.